The second-order valence-electron chi connectivity index (χ2n) is 4.98. The molecule has 22 heavy (non-hydrogen) atoms. The van der Waals surface area contributed by atoms with E-state index in [9.17, 15) is 9.18 Å². The number of carbonyl (C=O) groups is 1. The number of thioether (sulfide) groups is 1. The molecule has 0 bridgehead atoms. The normalized spacial score (nSPS) is 17.3. The highest BCUT2D eigenvalue weighted by Crippen LogP contribution is 2.32. The maximum Gasteiger partial charge on any atom is 0.324 e. The predicted molar refractivity (Wildman–Crippen MR) is 92.0 cm³/mol. The zero-order valence-corrected chi connectivity index (χ0v) is 14.5. The number of aromatic nitrogens is 1. The number of hydrogen-bond acceptors (Lipinski definition) is 5. The van der Waals surface area contributed by atoms with Gasteiger partial charge in [-0.3, -0.25) is 9.89 Å². The van der Waals surface area contributed by atoms with Gasteiger partial charge >= 0.3 is 6.03 Å². The zero-order valence-electron chi connectivity index (χ0n) is 12.8. The van der Waals surface area contributed by atoms with Gasteiger partial charge in [-0.15, -0.1) is 11.3 Å². The molecule has 2 rings (SSSR count). The van der Waals surface area contributed by atoms with Gasteiger partial charge in [0.15, 0.2) is 0 Å². The Morgan fingerprint density at radius 3 is 3.00 bits per heavy atom. The summed E-state index contributed by atoms with van der Waals surface area (Å²) in [7, 11) is 3.51. The van der Waals surface area contributed by atoms with Gasteiger partial charge in [-0.1, -0.05) is 0 Å². The molecule has 0 aromatic carbocycles. The molecule has 1 unspecified atom stereocenters. The lowest BCUT2D eigenvalue weighted by Crippen LogP contribution is -2.39. The Labute approximate surface area is 137 Å². The fourth-order valence-corrected chi connectivity index (χ4v) is 3.37. The molecular formula is C14H19FN4OS2. The van der Waals surface area contributed by atoms with E-state index in [1.165, 1.54) is 17.5 Å². The van der Waals surface area contributed by atoms with E-state index in [4.69, 9.17) is 0 Å². The van der Waals surface area contributed by atoms with Gasteiger partial charge in [0.2, 0.25) is 0 Å². The lowest BCUT2D eigenvalue weighted by Gasteiger charge is -2.23. The maximum atomic E-state index is 13.3. The molecule has 0 radical (unpaired) electrons. The van der Waals surface area contributed by atoms with Crippen molar-refractivity contribution in [2.24, 2.45) is 4.99 Å². The SMILES string of the molecule is CSCCN(C)C(=O)N(C)c1cnc(C2C=NC=C(F)C2)s1. The van der Waals surface area contributed by atoms with Gasteiger partial charge < -0.3 is 4.90 Å². The summed E-state index contributed by atoms with van der Waals surface area (Å²) in [4.78, 5) is 23.8. The molecule has 0 spiro atoms. The van der Waals surface area contributed by atoms with Crippen molar-refractivity contribution in [3.63, 3.8) is 0 Å². The van der Waals surface area contributed by atoms with Crippen LogP contribution in [0.25, 0.3) is 0 Å². The van der Waals surface area contributed by atoms with E-state index in [2.05, 4.69) is 9.98 Å². The Balaban J connectivity index is 2.03. The number of anilines is 1. The van der Waals surface area contributed by atoms with Crippen LogP contribution in [0.4, 0.5) is 14.2 Å². The molecule has 1 aliphatic rings. The van der Waals surface area contributed by atoms with E-state index in [1.807, 2.05) is 6.26 Å². The Hall–Kier alpha value is -1.41. The van der Waals surface area contributed by atoms with Crippen molar-refractivity contribution in [3.05, 3.63) is 23.2 Å². The summed E-state index contributed by atoms with van der Waals surface area (Å²) in [5.41, 5.74) is 0. The fraction of sp³-hybridized carbons (Fsp3) is 0.500. The number of nitrogens with zero attached hydrogens (tertiary/aromatic N) is 4. The number of thiazole rings is 1. The van der Waals surface area contributed by atoms with Crippen LogP contribution >= 0.6 is 23.1 Å². The van der Waals surface area contributed by atoms with Crippen molar-refractivity contribution >= 4 is 40.3 Å². The van der Waals surface area contributed by atoms with E-state index in [-0.39, 0.29) is 24.2 Å². The third-order valence-electron chi connectivity index (χ3n) is 3.30. The molecule has 1 aromatic rings. The summed E-state index contributed by atoms with van der Waals surface area (Å²) in [6, 6.07) is -0.0763. The quantitative estimate of drug-likeness (QED) is 0.824. The molecule has 120 valence electrons. The van der Waals surface area contributed by atoms with Gasteiger partial charge in [0, 0.05) is 39.0 Å². The fourth-order valence-electron chi connectivity index (χ4n) is 1.97. The van der Waals surface area contributed by atoms with Gasteiger partial charge in [-0.05, 0) is 6.26 Å². The second kappa shape index (κ2) is 7.73. The first kappa shape index (κ1) is 17.0. The number of hydrogen-bond donors (Lipinski definition) is 0. The first-order chi connectivity index (χ1) is 10.5. The molecule has 1 atom stereocenters. The monoisotopic (exact) mass is 342 g/mol. The minimum absolute atomic E-state index is 0.0763. The first-order valence-electron chi connectivity index (χ1n) is 6.84. The number of rotatable bonds is 5. The molecule has 1 aliphatic heterocycles. The standard InChI is InChI=1S/C14H19FN4OS2/c1-18(4-5-21-3)14(20)19(2)12-9-17-13(22-12)10-6-11(15)8-16-7-10/h7-10H,4-6H2,1-3H3. The molecule has 0 N–H and O–H groups in total. The van der Waals surface area contributed by atoms with Gasteiger partial charge in [0.1, 0.15) is 15.8 Å². The van der Waals surface area contributed by atoms with Crippen LogP contribution in [0.2, 0.25) is 0 Å². The molecule has 0 aliphatic carbocycles. The molecule has 8 heteroatoms. The topological polar surface area (TPSA) is 48.8 Å². The molecule has 2 amide bonds. The molecule has 5 nitrogen and oxygen atoms in total. The van der Waals surface area contributed by atoms with Crippen molar-refractivity contribution < 1.29 is 9.18 Å². The highest BCUT2D eigenvalue weighted by atomic mass is 32.2. The Bertz CT molecular complexity index is 587. The minimum Gasteiger partial charge on any atom is -0.327 e. The van der Waals surface area contributed by atoms with Crippen molar-refractivity contribution in [1.29, 1.82) is 0 Å². The third-order valence-corrected chi connectivity index (χ3v) is 5.10. The van der Waals surface area contributed by atoms with Crippen LogP contribution in [-0.2, 0) is 0 Å². The van der Waals surface area contributed by atoms with E-state index >= 15 is 0 Å². The Morgan fingerprint density at radius 2 is 2.32 bits per heavy atom. The third kappa shape index (κ3) is 4.07. The molecule has 0 fully saturated rings. The zero-order chi connectivity index (χ0) is 16.1. The number of halogens is 1. The smallest absolute Gasteiger partial charge is 0.324 e. The summed E-state index contributed by atoms with van der Waals surface area (Å²) in [6.45, 7) is 0.696. The van der Waals surface area contributed by atoms with Crippen LogP contribution in [0.1, 0.15) is 17.3 Å². The minimum atomic E-state index is -0.245. The number of amides is 2. The van der Waals surface area contributed by atoms with Crippen molar-refractivity contribution in [3.8, 4) is 0 Å². The largest absolute Gasteiger partial charge is 0.327 e. The molecule has 1 aromatic heterocycles. The van der Waals surface area contributed by atoms with Gasteiger partial charge in [-0.25, -0.2) is 14.2 Å². The van der Waals surface area contributed by atoms with Crippen LogP contribution in [0.3, 0.4) is 0 Å². The van der Waals surface area contributed by atoms with E-state index in [0.29, 0.717) is 6.54 Å². The molecule has 0 saturated heterocycles. The highest BCUT2D eigenvalue weighted by molar-refractivity contribution is 7.98. The molecular weight excluding hydrogens is 323 g/mol. The lowest BCUT2D eigenvalue weighted by molar-refractivity contribution is 0.219. The molecule has 2 heterocycles. The van der Waals surface area contributed by atoms with Crippen molar-refractivity contribution in [2.45, 2.75) is 12.3 Å². The van der Waals surface area contributed by atoms with Crippen LogP contribution in [0, 0.1) is 0 Å². The number of allylic oxidation sites excluding steroid dienone is 1. The summed E-state index contributed by atoms with van der Waals surface area (Å²) < 4.78 is 13.3. The van der Waals surface area contributed by atoms with E-state index in [1.54, 1.807) is 48.1 Å². The summed E-state index contributed by atoms with van der Waals surface area (Å²) >= 11 is 3.10. The summed E-state index contributed by atoms with van der Waals surface area (Å²) in [5.74, 6) is 0.501. The highest BCUT2D eigenvalue weighted by Gasteiger charge is 2.22. The van der Waals surface area contributed by atoms with Crippen LogP contribution < -0.4 is 4.90 Å². The van der Waals surface area contributed by atoms with E-state index in [0.717, 1.165) is 15.8 Å². The summed E-state index contributed by atoms with van der Waals surface area (Å²) in [5, 5.41) is 1.52. The number of carbonyl (C=O) groups excluding carboxylic acids is 1. The van der Waals surface area contributed by atoms with Crippen LogP contribution in [0.5, 0.6) is 0 Å². The van der Waals surface area contributed by atoms with Crippen LogP contribution in [0.15, 0.2) is 23.2 Å². The Morgan fingerprint density at radius 1 is 1.55 bits per heavy atom. The van der Waals surface area contributed by atoms with E-state index < -0.39 is 0 Å². The number of urea groups is 1. The van der Waals surface area contributed by atoms with Crippen molar-refractivity contribution in [2.75, 3.05) is 37.5 Å². The van der Waals surface area contributed by atoms with Gasteiger partial charge in [-0.2, -0.15) is 11.8 Å². The van der Waals surface area contributed by atoms with Crippen molar-refractivity contribution in [1.82, 2.24) is 9.88 Å². The van der Waals surface area contributed by atoms with Crippen LogP contribution in [-0.4, -0.2) is 54.8 Å². The molecule has 0 saturated carbocycles. The summed E-state index contributed by atoms with van der Waals surface area (Å²) in [6.07, 6.45) is 6.86. The lowest BCUT2D eigenvalue weighted by atomic mass is 10.1. The first-order valence-corrected chi connectivity index (χ1v) is 9.05. The maximum absolute atomic E-state index is 13.3. The average Bonchev–Trinajstić information content (AvgIpc) is 3.01. The average molecular weight is 342 g/mol. The van der Waals surface area contributed by atoms with Gasteiger partial charge in [0.05, 0.1) is 18.3 Å². The Kier molecular flexibility index (Phi) is 5.96. The number of aliphatic imine (C=N–C) groups is 1. The second-order valence-corrected chi connectivity index (χ2v) is 7.00. The van der Waals surface area contributed by atoms with Gasteiger partial charge in [0.25, 0.3) is 0 Å². The predicted octanol–water partition coefficient (Wildman–Crippen LogP) is 3.36.